The number of anilines is 2. The Morgan fingerprint density at radius 3 is 2.80 bits per heavy atom. The summed E-state index contributed by atoms with van der Waals surface area (Å²) in [5.74, 6) is 0.288. The molecule has 4 rings (SSSR count). The van der Waals surface area contributed by atoms with Crippen molar-refractivity contribution < 1.29 is 4.79 Å². The van der Waals surface area contributed by atoms with Gasteiger partial charge < -0.3 is 11.1 Å². The molecule has 0 unspecified atom stereocenters. The van der Waals surface area contributed by atoms with Crippen molar-refractivity contribution in [3.05, 3.63) is 46.6 Å². The summed E-state index contributed by atoms with van der Waals surface area (Å²) in [5, 5.41) is 3.70. The Bertz CT molecular complexity index is 920. The minimum absolute atomic E-state index is 0.230. The number of aryl methyl sites for hydroxylation is 2. The van der Waals surface area contributed by atoms with Gasteiger partial charge >= 0.3 is 0 Å². The molecule has 1 amide bonds. The molecule has 25 heavy (non-hydrogen) atoms. The number of nitrogens with zero attached hydrogens (tertiary/aromatic N) is 2. The standard InChI is InChI=1S/C19H20N4OS/c20-16-13-11-12-7-3-1-2-4-8-14(12)22-19(13)25-17(16)18(24)23-15-9-5-6-10-21-15/h5-6,9-11H,1-4,7-8,20H2,(H,21,23,24). The van der Waals surface area contributed by atoms with E-state index in [0.717, 1.165) is 23.1 Å². The van der Waals surface area contributed by atoms with Gasteiger partial charge in [0.05, 0.1) is 5.69 Å². The van der Waals surface area contributed by atoms with Gasteiger partial charge in [-0.25, -0.2) is 9.97 Å². The van der Waals surface area contributed by atoms with Crippen LogP contribution in [0.2, 0.25) is 0 Å². The number of carbonyl (C=O) groups excluding carboxylic acids is 1. The van der Waals surface area contributed by atoms with E-state index >= 15 is 0 Å². The molecule has 0 fully saturated rings. The van der Waals surface area contributed by atoms with E-state index in [1.807, 2.05) is 12.1 Å². The SMILES string of the molecule is Nc1c(C(=O)Nc2ccccn2)sc2nc3c(cc12)CCCCCC3. The number of hydrogen-bond donors (Lipinski definition) is 2. The minimum atomic E-state index is -0.230. The summed E-state index contributed by atoms with van der Waals surface area (Å²) in [6.07, 6.45) is 8.61. The molecule has 0 saturated carbocycles. The molecule has 0 bridgehead atoms. The fourth-order valence-electron chi connectivity index (χ4n) is 3.29. The van der Waals surface area contributed by atoms with Crippen LogP contribution in [0.4, 0.5) is 11.5 Å². The summed E-state index contributed by atoms with van der Waals surface area (Å²) < 4.78 is 0. The molecule has 0 saturated heterocycles. The quantitative estimate of drug-likeness (QED) is 0.725. The molecular weight excluding hydrogens is 332 g/mol. The highest BCUT2D eigenvalue weighted by molar-refractivity contribution is 7.21. The monoisotopic (exact) mass is 352 g/mol. The van der Waals surface area contributed by atoms with Gasteiger partial charge in [0.25, 0.3) is 5.91 Å². The van der Waals surface area contributed by atoms with Gasteiger partial charge in [0, 0.05) is 17.3 Å². The molecule has 1 aliphatic rings. The van der Waals surface area contributed by atoms with Crippen LogP contribution in [0.15, 0.2) is 30.5 Å². The average Bonchev–Trinajstić information content (AvgIpc) is 2.92. The number of thiophene rings is 1. The van der Waals surface area contributed by atoms with Crippen molar-refractivity contribution in [2.75, 3.05) is 11.1 Å². The highest BCUT2D eigenvalue weighted by atomic mass is 32.1. The van der Waals surface area contributed by atoms with Crippen molar-refractivity contribution in [1.29, 1.82) is 0 Å². The fourth-order valence-corrected chi connectivity index (χ4v) is 4.28. The van der Waals surface area contributed by atoms with Crippen LogP contribution >= 0.6 is 11.3 Å². The topological polar surface area (TPSA) is 80.9 Å². The van der Waals surface area contributed by atoms with Crippen molar-refractivity contribution in [2.45, 2.75) is 38.5 Å². The van der Waals surface area contributed by atoms with E-state index < -0.39 is 0 Å². The van der Waals surface area contributed by atoms with Gasteiger partial charge in [-0.2, -0.15) is 0 Å². The summed E-state index contributed by atoms with van der Waals surface area (Å²) in [5.41, 5.74) is 9.26. The Hall–Kier alpha value is -2.47. The first-order valence-electron chi connectivity index (χ1n) is 8.65. The van der Waals surface area contributed by atoms with Gasteiger partial charge in [-0.05, 0) is 49.4 Å². The van der Waals surface area contributed by atoms with Crippen LogP contribution in [-0.4, -0.2) is 15.9 Å². The van der Waals surface area contributed by atoms with Crippen LogP contribution in [0.5, 0.6) is 0 Å². The van der Waals surface area contributed by atoms with E-state index in [2.05, 4.69) is 16.4 Å². The van der Waals surface area contributed by atoms with E-state index in [9.17, 15) is 4.79 Å². The van der Waals surface area contributed by atoms with Crippen LogP contribution in [0, 0.1) is 0 Å². The lowest BCUT2D eigenvalue weighted by molar-refractivity contribution is 0.103. The van der Waals surface area contributed by atoms with Gasteiger partial charge in [-0.15, -0.1) is 11.3 Å². The third-order valence-electron chi connectivity index (χ3n) is 4.61. The van der Waals surface area contributed by atoms with Crippen LogP contribution in [0.1, 0.15) is 46.6 Å². The maximum atomic E-state index is 12.6. The zero-order chi connectivity index (χ0) is 17.2. The predicted molar refractivity (Wildman–Crippen MR) is 102 cm³/mol. The average molecular weight is 352 g/mol. The molecule has 0 radical (unpaired) electrons. The van der Waals surface area contributed by atoms with Crippen LogP contribution in [0.3, 0.4) is 0 Å². The Balaban J connectivity index is 1.70. The van der Waals surface area contributed by atoms with Gasteiger partial charge in [0.2, 0.25) is 0 Å². The largest absolute Gasteiger partial charge is 0.397 e. The first kappa shape index (κ1) is 16.0. The lowest BCUT2D eigenvalue weighted by Crippen LogP contribution is -2.12. The molecule has 3 N–H and O–H groups in total. The van der Waals surface area contributed by atoms with Gasteiger partial charge in [0.15, 0.2) is 0 Å². The van der Waals surface area contributed by atoms with Crippen molar-refractivity contribution in [3.63, 3.8) is 0 Å². The molecule has 128 valence electrons. The summed E-state index contributed by atoms with van der Waals surface area (Å²) >= 11 is 1.36. The van der Waals surface area contributed by atoms with E-state index in [1.165, 1.54) is 48.3 Å². The number of fused-ring (bicyclic) bond motifs is 2. The lowest BCUT2D eigenvalue weighted by atomic mass is 9.96. The Labute approximate surface area is 150 Å². The van der Waals surface area contributed by atoms with Crippen molar-refractivity contribution >= 4 is 39.0 Å². The molecule has 6 heteroatoms. The Morgan fingerprint density at radius 1 is 1.16 bits per heavy atom. The number of nitrogens with one attached hydrogen (secondary N) is 1. The number of amides is 1. The number of nitrogen functional groups attached to an aromatic ring is 1. The molecule has 0 aliphatic heterocycles. The highest BCUT2D eigenvalue weighted by Crippen LogP contribution is 2.35. The molecule has 0 atom stereocenters. The minimum Gasteiger partial charge on any atom is -0.397 e. The van der Waals surface area contributed by atoms with E-state index in [1.54, 1.807) is 12.3 Å². The first-order valence-corrected chi connectivity index (χ1v) is 9.47. The van der Waals surface area contributed by atoms with Crippen LogP contribution < -0.4 is 11.1 Å². The molecule has 3 aromatic heterocycles. The second kappa shape index (κ2) is 6.80. The first-order chi connectivity index (χ1) is 12.2. The second-order valence-corrected chi connectivity index (χ2v) is 7.37. The predicted octanol–water partition coefficient (Wildman–Crippen LogP) is 4.18. The maximum Gasteiger partial charge on any atom is 0.269 e. The van der Waals surface area contributed by atoms with Crippen LogP contribution in [-0.2, 0) is 12.8 Å². The van der Waals surface area contributed by atoms with E-state index in [4.69, 9.17) is 10.7 Å². The lowest BCUT2D eigenvalue weighted by Gasteiger charge is -2.12. The molecular formula is C19H20N4OS. The maximum absolute atomic E-state index is 12.6. The molecule has 1 aliphatic carbocycles. The zero-order valence-electron chi connectivity index (χ0n) is 13.9. The number of pyridine rings is 2. The fraction of sp³-hybridized carbons (Fsp3) is 0.316. The molecule has 3 aromatic rings. The number of aromatic nitrogens is 2. The van der Waals surface area contributed by atoms with Gasteiger partial charge in [-0.1, -0.05) is 18.9 Å². The normalized spacial score (nSPS) is 14.6. The summed E-state index contributed by atoms with van der Waals surface area (Å²) in [7, 11) is 0. The third kappa shape index (κ3) is 3.22. The van der Waals surface area contributed by atoms with Crippen LogP contribution in [0.25, 0.3) is 10.2 Å². The second-order valence-electron chi connectivity index (χ2n) is 6.38. The number of rotatable bonds is 2. The number of nitrogens with two attached hydrogens (primary N) is 1. The Kier molecular flexibility index (Phi) is 4.36. The summed E-state index contributed by atoms with van der Waals surface area (Å²) in [6.45, 7) is 0. The smallest absolute Gasteiger partial charge is 0.269 e. The summed E-state index contributed by atoms with van der Waals surface area (Å²) in [4.78, 5) is 22.9. The van der Waals surface area contributed by atoms with Crippen molar-refractivity contribution in [3.8, 4) is 0 Å². The number of hydrogen-bond acceptors (Lipinski definition) is 5. The number of carbonyl (C=O) groups is 1. The zero-order valence-corrected chi connectivity index (χ0v) is 14.7. The summed E-state index contributed by atoms with van der Waals surface area (Å²) in [6, 6.07) is 7.54. The molecule has 0 spiro atoms. The van der Waals surface area contributed by atoms with Gasteiger partial charge in [-0.3, -0.25) is 4.79 Å². The van der Waals surface area contributed by atoms with Gasteiger partial charge in [0.1, 0.15) is 15.5 Å². The molecule has 3 heterocycles. The van der Waals surface area contributed by atoms with E-state index in [-0.39, 0.29) is 5.91 Å². The third-order valence-corrected chi connectivity index (χ3v) is 5.73. The van der Waals surface area contributed by atoms with Crippen molar-refractivity contribution in [1.82, 2.24) is 9.97 Å². The molecule has 0 aromatic carbocycles. The van der Waals surface area contributed by atoms with E-state index in [0.29, 0.717) is 16.4 Å². The van der Waals surface area contributed by atoms with Crippen molar-refractivity contribution in [2.24, 2.45) is 0 Å². The highest BCUT2D eigenvalue weighted by Gasteiger charge is 2.20. The Morgan fingerprint density at radius 2 is 2.00 bits per heavy atom. The molecule has 5 nitrogen and oxygen atoms in total.